The average molecular weight is 1170 g/mol. The molecule has 0 saturated heterocycles. The van der Waals surface area contributed by atoms with Crippen LogP contribution in [0.5, 0.6) is 0 Å². The number of hydrogen-bond acceptors (Lipinski definition) is 8. The van der Waals surface area contributed by atoms with E-state index in [0.29, 0.717) is 5.56 Å². The Balaban J connectivity index is 0.000000324. The van der Waals surface area contributed by atoms with Crippen LogP contribution in [0.4, 0.5) is 11.4 Å². The van der Waals surface area contributed by atoms with E-state index < -0.39 is 0 Å². The van der Waals surface area contributed by atoms with Crippen LogP contribution >= 0.6 is 109 Å². The monoisotopic (exact) mass is 1160 g/mol. The molecule has 6 rings (SSSR count). The summed E-state index contributed by atoms with van der Waals surface area (Å²) >= 11 is 18.1. The molecule has 0 unspecified atom stereocenters. The van der Waals surface area contributed by atoms with Gasteiger partial charge < -0.3 is 21.6 Å². The minimum absolute atomic E-state index is 0. The Kier molecular flexibility index (Phi) is 21.8. The number of halogens is 6. The fourth-order valence-corrected chi connectivity index (χ4v) is 8.38. The number of nitrogens with two attached hydrogens (primary N) is 2. The number of nitriles is 1. The molecule has 0 aliphatic heterocycles. The molecule has 0 radical (unpaired) electrons. The van der Waals surface area contributed by atoms with Gasteiger partial charge in [0.05, 0.1) is 5.56 Å². The molecule has 0 amide bonds. The Hall–Kier alpha value is -1.31. The first-order chi connectivity index (χ1) is 23.2. The molecule has 258 valence electrons. The number of rotatable bonds is 2. The molecule has 4 aromatic carbocycles. The summed E-state index contributed by atoms with van der Waals surface area (Å²) in [6.45, 7) is 8.16. The molecule has 0 bridgehead atoms. The zero-order valence-corrected chi connectivity index (χ0v) is 40.3. The van der Waals surface area contributed by atoms with E-state index in [-0.39, 0.29) is 29.6 Å². The summed E-state index contributed by atoms with van der Waals surface area (Å²) in [5.41, 5.74) is 20.2. The van der Waals surface area contributed by atoms with Gasteiger partial charge in [-0.05, 0) is 138 Å². The van der Waals surface area contributed by atoms with Crippen molar-refractivity contribution in [2.45, 2.75) is 40.5 Å². The van der Waals surface area contributed by atoms with Gasteiger partial charge in [0.15, 0.2) is 0 Å². The van der Waals surface area contributed by atoms with Gasteiger partial charge in [-0.3, -0.25) is 10.2 Å². The first-order valence-electron chi connectivity index (χ1n) is 14.3. The van der Waals surface area contributed by atoms with Crippen molar-refractivity contribution in [1.29, 1.82) is 5.26 Å². The molecule has 50 heavy (non-hydrogen) atoms. The smallest absolute Gasteiger partial charge is 0.444 e. The molecular weight excluding hydrogens is 1140 g/mol. The van der Waals surface area contributed by atoms with Gasteiger partial charge in [-0.15, -0.1) is 5.34 Å². The number of nitrogen functional groups attached to an aromatic ring is 2. The maximum absolute atomic E-state index is 8.84. The van der Waals surface area contributed by atoms with Crippen LogP contribution in [0.25, 0.3) is 21.8 Å². The number of aromatic amines is 2. The molecule has 6 N–H and O–H groups in total. The Morgan fingerprint density at radius 3 is 1.76 bits per heavy atom. The third-order valence-electron chi connectivity index (χ3n) is 6.75. The molecular formula is C33H31Br4I2N8NaO2. The Bertz CT molecular complexity index is 2090. The van der Waals surface area contributed by atoms with Crippen LogP contribution in [0.2, 0.25) is 0 Å². The third kappa shape index (κ3) is 13.9. The fourth-order valence-electron chi connectivity index (χ4n) is 4.27. The van der Waals surface area contributed by atoms with E-state index in [1.54, 1.807) is 6.07 Å². The number of nitrogens with one attached hydrogen (secondary N) is 2. The first-order valence-corrected chi connectivity index (χ1v) is 19.6. The largest absolute Gasteiger partial charge is 1.00 e. The standard InChI is InChI=1S/C9H6BrN3.C8H6BrIN2.C8H9BrIN.C8H10BrN.HNO2.Na/c1-5-8-3-7(10)2-6(4-11)9(8)13-12-5;1-4-6-2-5(9)3-7(10)8(6)12-11-4;1-2-5-3-6(9)4-7(10)8(5)11;1-2-6-5-7(9)3-4-8(6)10;2-1-3;/h2-3H,1H3,(H,12,13);2-3H,1H3,(H,11,12);3-4H,2,11H2,1H3;3-5H,2,10H2,1H3;(H,2,3);/q;;;;;+1/p-1. The van der Waals surface area contributed by atoms with Crippen LogP contribution in [-0.2, 0) is 12.8 Å². The molecule has 2 aromatic heterocycles. The van der Waals surface area contributed by atoms with Gasteiger partial charge >= 0.3 is 29.6 Å². The van der Waals surface area contributed by atoms with Crippen LogP contribution in [-0.4, -0.2) is 20.4 Å². The number of anilines is 2. The van der Waals surface area contributed by atoms with Crippen LogP contribution in [0, 0.1) is 42.4 Å². The van der Waals surface area contributed by atoms with Crippen LogP contribution in [0.15, 0.2) is 77.8 Å². The Morgan fingerprint density at radius 2 is 1.24 bits per heavy atom. The molecule has 0 aliphatic carbocycles. The van der Waals surface area contributed by atoms with Crippen molar-refractivity contribution < 1.29 is 29.6 Å². The maximum Gasteiger partial charge on any atom is 1.00 e. The van der Waals surface area contributed by atoms with Crippen molar-refractivity contribution in [1.82, 2.24) is 20.4 Å². The molecule has 0 fully saturated rings. The number of fused-ring (bicyclic) bond motifs is 2. The summed E-state index contributed by atoms with van der Waals surface area (Å²) in [7, 11) is 0. The van der Waals surface area contributed by atoms with Crippen molar-refractivity contribution in [3.63, 3.8) is 0 Å². The molecule has 0 saturated carbocycles. The van der Waals surface area contributed by atoms with E-state index in [9.17, 15) is 0 Å². The second-order valence-electron chi connectivity index (χ2n) is 10.0. The molecule has 10 nitrogen and oxygen atoms in total. The second-order valence-corrected chi connectivity index (χ2v) is 16.0. The summed E-state index contributed by atoms with van der Waals surface area (Å²) in [4.78, 5) is 8.00. The third-order valence-corrected chi connectivity index (χ3v) is 10.3. The van der Waals surface area contributed by atoms with Gasteiger partial charge in [0.25, 0.3) is 0 Å². The molecule has 17 heteroatoms. The Morgan fingerprint density at radius 1 is 0.780 bits per heavy atom. The zero-order valence-electron chi connectivity index (χ0n) is 27.6. The number of aryl methyl sites for hydroxylation is 4. The fraction of sp³-hybridized carbons (Fsp3) is 0.182. The summed E-state index contributed by atoms with van der Waals surface area (Å²) in [6.07, 6.45) is 1.98. The maximum atomic E-state index is 8.84. The molecule has 0 atom stereocenters. The topological polar surface area (TPSA) is 186 Å². The summed E-state index contributed by atoms with van der Waals surface area (Å²) in [6, 6.07) is 20.0. The Labute approximate surface area is 373 Å². The summed E-state index contributed by atoms with van der Waals surface area (Å²) in [5, 5.41) is 34.1. The van der Waals surface area contributed by atoms with Gasteiger partial charge in [-0.25, -0.2) is 0 Å². The zero-order chi connectivity index (χ0) is 36.8. The number of hydrogen-bond donors (Lipinski definition) is 4. The summed E-state index contributed by atoms with van der Waals surface area (Å²) in [5.74, 6) is 0. The van der Waals surface area contributed by atoms with Crippen molar-refractivity contribution in [3.05, 3.63) is 118 Å². The SMILES string of the molecule is CCc1cc(Br)cc(I)c1N.CCc1cc(Br)ccc1N.Cc1[nH]nc2c(C#N)cc(Br)cc12.Cc1[nH]nc2c(I)cc(Br)cc12.O=N[O-].[Na+]. The van der Waals surface area contributed by atoms with Gasteiger partial charge in [0.1, 0.15) is 17.1 Å². The molecule has 0 spiro atoms. The second kappa shape index (κ2) is 23.4. The van der Waals surface area contributed by atoms with E-state index >= 15 is 0 Å². The van der Waals surface area contributed by atoms with Crippen molar-refractivity contribution in [2.24, 2.45) is 5.34 Å². The quantitative estimate of drug-likeness (QED) is 0.0439. The van der Waals surface area contributed by atoms with Gasteiger partial charge in [0, 0.05) is 58.6 Å². The average Bonchev–Trinajstić information content (AvgIpc) is 3.62. The predicted octanol–water partition coefficient (Wildman–Crippen LogP) is 8.79. The minimum atomic E-state index is 0. The van der Waals surface area contributed by atoms with Crippen molar-refractivity contribution in [3.8, 4) is 6.07 Å². The molecule has 6 aromatic rings. The predicted molar refractivity (Wildman–Crippen MR) is 232 cm³/mol. The van der Waals surface area contributed by atoms with E-state index in [1.807, 2.05) is 38.1 Å². The van der Waals surface area contributed by atoms with E-state index in [1.165, 1.54) is 20.1 Å². The van der Waals surface area contributed by atoms with Crippen LogP contribution in [0.1, 0.15) is 41.9 Å². The number of aromatic nitrogens is 4. The number of benzene rings is 4. The van der Waals surface area contributed by atoms with E-state index in [0.717, 1.165) is 78.8 Å². The van der Waals surface area contributed by atoms with Gasteiger partial charge in [-0.1, -0.05) is 77.6 Å². The van der Waals surface area contributed by atoms with E-state index in [4.69, 9.17) is 26.8 Å². The van der Waals surface area contributed by atoms with Crippen LogP contribution in [0.3, 0.4) is 0 Å². The van der Waals surface area contributed by atoms with Gasteiger partial charge in [0.2, 0.25) is 0 Å². The van der Waals surface area contributed by atoms with Crippen molar-refractivity contribution >= 4 is 142 Å². The minimum Gasteiger partial charge on any atom is -0.444 e. The number of H-pyrrole nitrogens is 2. The van der Waals surface area contributed by atoms with Gasteiger partial charge in [-0.2, -0.15) is 15.5 Å². The molecule has 2 heterocycles. The van der Waals surface area contributed by atoms with Crippen LogP contribution < -0.4 is 41.0 Å². The normalized spacial score (nSPS) is 9.70. The first kappa shape index (κ1) is 46.7. The summed E-state index contributed by atoms with van der Waals surface area (Å²) < 4.78 is 6.49. The number of nitrogens with zero attached hydrogens (tertiary/aromatic N) is 4. The van der Waals surface area contributed by atoms with E-state index in [2.05, 4.69) is 173 Å². The van der Waals surface area contributed by atoms with Crippen molar-refractivity contribution in [2.75, 3.05) is 11.5 Å². The molecule has 0 aliphatic rings.